The van der Waals surface area contributed by atoms with Crippen LogP contribution in [0, 0.1) is 11.3 Å². The van der Waals surface area contributed by atoms with Gasteiger partial charge in [-0.25, -0.2) is 0 Å². The first-order chi connectivity index (χ1) is 6.37. The van der Waals surface area contributed by atoms with E-state index in [2.05, 4.69) is 0 Å². The molecule has 0 aliphatic carbocycles. The van der Waals surface area contributed by atoms with Crippen molar-refractivity contribution in [3.8, 4) is 6.07 Å². The van der Waals surface area contributed by atoms with Gasteiger partial charge in [0, 0.05) is 25.6 Å². The van der Waals surface area contributed by atoms with E-state index in [9.17, 15) is 13.2 Å². The van der Waals surface area contributed by atoms with Gasteiger partial charge in [0.2, 0.25) is 0 Å². The molecular formula is C9H15F3N2. The van der Waals surface area contributed by atoms with E-state index in [0.717, 1.165) is 0 Å². The molecule has 0 heterocycles. The van der Waals surface area contributed by atoms with Crippen LogP contribution in [0.4, 0.5) is 13.2 Å². The summed E-state index contributed by atoms with van der Waals surface area (Å²) in [4.78, 5) is 1.66. The Morgan fingerprint density at radius 1 is 1.29 bits per heavy atom. The minimum absolute atomic E-state index is 0.0250. The summed E-state index contributed by atoms with van der Waals surface area (Å²) in [6.45, 7) is 4.04. The average Bonchev–Trinajstić information content (AvgIpc) is 2.01. The van der Waals surface area contributed by atoms with Crippen molar-refractivity contribution in [1.29, 1.82) is 5.26 Å². The maximum Gasteiger partial charge on any atom is 0.390 e. The zero-order chi connectivity index (χ0) is 11.2. The quantitative estimate of drug-likeness (QED) is 0.694. The van der Waals surface area contributed by atoms with E-state index in [1.54, 1.807) is 4.90 Å². The van der Waals surface area contributed by atoms with Crippen molar-refractivity contribution < 1.29 is 13.2 Å². The number of halogens is 3. The van der Waals surface area contributed by atoms with Crippen LogP contribution in [-0.4, -0.2) is 30.2 Å². The Morgan fingerprint density at radius 2 is 1.86 bits per heavy atom. The molecule has 5 heteroatoms. The number of alkyl halides is 3. The molecule has 82 valence electrons. The highest BCUT2D eigenvalue weighted by Gasteiger charge is 2.28. The van der Waals surface area contributed by atoms with E-state index in [1.807, 2.05) is 19.9 Å². The normalized spacial score (nSPS) is 12.1. The topological polar surface area (TPSA) is 27.0 Å². The molecule has 0 aliphatic rings. The molecule has 2 nitrogen and oxygen atoms in total. The van der Waals surface area contributed by atoms with Crippen LogP contribution >= 0.6 is 0 Å². The Balaban J connectivity index is 3.93. The number of rotatable bonds is 5. The molecule has 0 N–H and O–H groups in total. The lowest BCUT2D eigenvalue weighted by Gasteiger charge is -2.25. The number of hydrogen-bond acceptors (Lipinski definition) is 2. The second-order valence-corrected chi connectivity index (χ2v) is 3.40. The van der Waals surface area contributed by atoms with Crippen LogP contribution in [0.3, 0.4) is 0 Å². The highest BCUT2D eigenvalue weighted by molar-refractivity contribution is 4.74. The lowest BCUT2D eigenvalue weighted by Crippen LogP contribution is -2.34. The molecule has 0 amide bonds. The van der Waals surface area contributed by atoms with Gasteiger partial charge in [0.15, 0.2) is 0 Å². The molecule has 0 aromatic rings. The summed E-state index contributed by atoms with van der Waals surface area (Å²) in [6, 6.07) is 1.97. The van der Waals surface area contributed by atoms with Crippen LogP contribution in [-0.2, 0) is 0 Å². The molecule has 0 fully saturated rings. The van der Waals surface area contributed by atoms with E-state index in [1.165, 1.54) is 0 Å². The second kappa shape index (κ2) is 5.86. The third-order valence-corrected chi connectivity index (χ3v) is 1.92. The van der Waals surface area contributed by atoms with Crippen molar-refractivity contribution in [3.05, 3.63) is 0 Å². The molecule has 0 aliphatic heterocycles. The van der Waals surface area contributed by atoms with Crippen molar-refractivity contribution in [3.63, 3.8) is 0 Å². The van der Waals surface area contributed by atoms with E-state index >= 15 is 0 Å². The van der Waals surface area contributed by atoms with Crippen molar-refractivity contribution in [2.75, 3.05) is 13.1 Å². The molecule has 0 spiro atoms. The number of hydrogen-bond donors (Lipinski definition) is 0. The first kappa shape index (κ1) is 13.2. The Morgan fingerprint density at radius 3 is 2.21 bits per heavy atom. The summed E-state index contributed by atoms with van der Waals surface area (Å²) in [5.74, 6) is 0. The van der Waals surface area contributed by atoms with E-state index in [-0.39, 0.29) is 19.0 Å². The third-order valence-electron chi connectivity index (χ3n) is 1.92. The summed E-state index contributed by atoms with van der Waals surface area (Å²) < 4.78 is 35.7. The summed E-state index contributed by atoms with van der Waals surface area (Å²) in [5.41, 5.74) is 0. The Bertz CT molecular complexity index is 193. The third kappa shape index (κ3) is 6.72. The van der Waals surface area contributed by atoms with Gasteiger partial charge in [0.05, 0.1) is 12.5 Å². The maximum absolute atomic E-state index is 11.9. The zero-order valence-corrected chi connectivity index (χ0v) is 8.43. The van der Waals surface area contributed by atoms with E-state index in [0.29, 0.717) is 6.54 Å². The van der Waals surface area contributed by atoms with Gasteiger partial charge >= 0.3 is 6.18 Å². The fourth-order valence-electron chi connectivity index (χ4n) is 1.09. The standard InChI is InChI=1S/C9H15F3N2/c1-8(2)14(6-3-5-13)7-4-9(10,11)12/h8H,3-4,6-7H2,1-2H3. The van der Waals surface area contributed by atoms with Crippen molar-refractivity contribution in [2.24, 2.45) is 0 Å². The van der Waals surface area contributed by atoms with Gasteiger partial charge < -0.3 is 0 Å². The van der Waals surface area contributed by atoms with Crippen LogP contribution in [0.2, 0.25) is 0 Å². The lowest BCUT2D eigenvalue weighted by atomic mass is 10.2. The van der Waals surface area contributed by atoms with Gasteiger partial charge in [0.25, 0.3) is 0 Å². The summed E-state index contributed by atoms with van der Waals surface area (Å²) >= 11 is 0. The van der Waals surface area contributed by atoms with E-state index < -0.39 is 12.6 Å². The molecular weight excluding hydrogens is 193 g/mol. The molecule has 0 atom stereocenters. The first-order valence-electron chi connectivity index (χ1n) is 4.54. The highest BCUT2D eigenvalue weighted by atomic mass is 19.4. The molecule has 0 saturated heterocycles. The van der Waals surface area contributed by atoms with Gasteiger partial charge in [-0.15, -0.1) is 0 Å². The first-order valence-corrected chi connectivity index (χ1v) is 4.54. The van der Waals surface area contributed by atoms with Gasteiger partial charge in [-0.05, 0) is 13.8 Å². The van der Waals surface area contributed by atoms with Crippen LogP contribution in [0.15, 0.2) is 0 Å². The lowest BCUT2D eigenvalue weighted by molar-refractivity contribution is -0.138. The zero-order valence-electron chi connectivity index (χ0n) is 8.43. The fraction of sp³-hybridized carbons (Fsp3) is 0.889. The fourth-order valence-corrected chi connectivity index (χ4v) is 1.09. The minimum Gasteiger partial charge on any atom is -0.300 e. The summed E-state index contributed by atoms with van der Waals surface area (Å²) in [6.07, 6.45) is -4.65. The molecule has 0 aromatic carbocycles. The minimum atomic E-state index is -4.11. The van der Waals surface area contributed by atoms with Crippen LogP contribution < -0.4 is 0 Å². The average molecular weight is 208 g/mol. The van der Waals surface area contributed by atoms with Crippen LogP contribution in [0.1, 0.15) is 26.7 Å². The van der Waals surface area contributed by atoms with Crippen molar-refractivity contribution >= 4 is 0 Å². The molecule has 0 saturated carbocycles. The molecule has 0 unspecified atom stereocenters. The van der Waals surface area contributed by atoms with Crippen molar-refractivity contribution in [1.82, 2.24) is 4.90 Å². The maximum atomic E-state index is 11.9. The van der Waals surface area contributed by atoms with Crippen LogP contribution in [0.25, 0.3) is 0 Å². The van der Waals surface area contributed by atoms with E-state index in [4.69, 9.17) is 5.26 Å². The largest absolute Gasteiger partial charge is 0.390 e. The highest BCUT2D eigenvalue weighted by Crippen LogP contribution is 2.20. The summed E-state index contributed by atoms with van der Waals surface area (Å²) in [5, 5.41) is 8.33. The molecule has 0 bridgehead atoms. The number of nitrogens with zero attached hydrogens (tertiary/aromatic N) is 2. The van der Waals surface area contributed by atoms with Gasteiger partial charge in [-0.3, -0.25) is 4.90 Å². The Hall–Kier alpha value is -0.760. The monoisotopic (exact) mass is 208 g/mol. The SMILES string of the molecule is CC(C)N(CCC#N)CCC(F)(F)F. The smallest absolute Gasteiger partial charge is 0.300 e. The molecule has 0 aromatic heterocycles. The predicted molar refractivity (Wildman–Crippen MR) is 47.6 cm³/mol. The van der Waals surface area contributed by atoms with Gasteiger partial charge in [0.1, 0.15) is 0 Å². The predicted octanol–water partition coefficient (Wildman–Crippen LogP) is 2.56. The summed E-state index contributed by atoms with van der Waals surface area (Å²) in [7, 11) is 0. The molecule has 0 radical (unpaired) electrons. The van der Waals surface area contributed by atoms with Gasteiger partial charge in [-0.1, -0.05) is 0 Å². The second-order valence-electron chi connectivity index (χ2n) is 3.40. The van der Waals surface area contributed by atoms with Gasteiger partial charge in [-0.2, -0.15) is 18.4 Å². The Kier molecular flexibility index (Phi) is 5.55. The molecule has 0 rings (SSSR count). The van der Waals surface area contributed by atoms with Crippen LogP contribution in [0.5, 0.6) is 0 Å². The molecule has 14 heavy (non-hydrogen) atoms. The van der Waals surface area contributed by atoms with Crippen molar-refractivity contribution in [2.45, 2.75) is 38.9 Å². The Labute approximate surface area is 82.3 Å². The number of nitriles is 1.